The second-order valence-corrected chi connectivity index (χ2v) is 8.52. The fourth-order valence-electron chi connectivity index (χ4n) is 3.85. The van der Waals surface area contributed by atoms with Crippen molar-refractivity contribution >= 4 is 22.4 Å². The molecule has 0 N–H and O–H groups in total. The third-order valence-corrected chi connectivity index (χ3v) is 6.38. The molecule has 1 aromatic heterocycles. The topological polar surface area (TPSA) is 52.6 Å². The minimum atomic E-state index is 0.233. The van der Waals surface area contributed by atoms with Crippen molar-refractivity contribution in [2.24, 2.45) is 5.41 Å². The van der Waals surface area contributed by atoms with Gasteiger partial charge in [0.2, 0.25) is 11.0 Å². The van der Waals surface area contributed by atoms with Crippen LogP contribution in [0.4, 0.5) is 5.13 Å². The van der Waals surface area contributed by atoms with E-state index in [4.69, 9.17) is 0 Å². The van der Waals surface area contributed by atoms with Gasteiger partial charge in [0, 0.05) is 44.6 Å². The van der Waals surface area contributed by atoms with Crippen LogP contribution in [0.2, 0.25) is 0 Å². The highest BCUT2D eigenvalue weighted by Gasteiger charge is 2.42. The molecule has 1 aromatic rings. The maximum Gasteiger partial charge on any atom is 0.222 e. The summed E-state index contributed by atoms with van der Waals surface area (Å²) in [6, 6.07) is 0. The highest BCUT2D eigenvalue weighted by Crippen LogP contribution is 2.40. The second-order valence-electron chi connectivity index (χ2n) is 7.48. The van der Waals surface area contributed by atoms with Crippen molar-refractivity contribution in [3.05, 3.63) is 5.01 Å². The number of likely N-dealkylation sites (N-methyl/N-ethyl adjacent to an activating group) is 1. The van der Waals surface area contributed by atoms with Gasteiger partial charge in [-0.05, 0) is 39.8 Å². The van der Waals surface area contributed by atoms with Crippen molar-refractivity contribution in [1.82, 2.24) is 20.0 Å². The molecule has 3 heterocycles. The Morgan fingerprint density at radius 2 is 2.08 bits per heavy atom. The van der Waals surface area contributed by atoms with E-state index in [1.807, 2.05) is 0 Å². The van der Waals surface area contributed by atoms with Gasteiger partial charge < -0.3 is 14.7 Å². The van der Waals surface area contributed by atoms with E-state index in [0.717, 1.165) is 55.7 Å². The van der Waals surface area contributed by atoms with E-state index in [1.54, 1.807) is 11.3 Å². The van der Waals surface area contributed by atoms with Crippen LogP contribution in [0.1, 0.15) is 37.6 Å². The Labute approximate surface area is 148 Å². The number of carbonyl (C=O) groups is 1. The first-order chi connectivity index (χ1) is 11.5. The Balaban J connectivity index is 1.68. The number of piperidine rings is 2. The summed E-state index contributed by atoms with van der Waals surface area (Å²) in [7, 11) is 4.13. The van der Waals surface area contributed by atoms with Crippen molar-refractivity contribution in [3.63, 3.8) is 0 Å². The first-order valence-corrected chi connectivity index (χ1v) is 9.83. The molecule has 0 unspecified atom stereocenters. The highest BCUT2D eigenvalue weighted by atomic mass is 32.1. The lowest BCUT2D eigenvalue weighted by atomic mass is 9.73. The number of hydrogen-bond donors (Lipinski definition) is 0. The molecule has 3 rings (SSSR count). The number of rotatable bonds is 5. The molecule has 24 heavy (non-hydrogen) atoms. The van der Waals surface area contributed by atoms with Gasteiger partial charge in [0.25, 0.3) is 0 Å². The zero-order valence-electron chi connectivity index (χ0n) is 15.1. The Hall–Kier alpha value is -1.21. The van der Waals surface area contributed by atoms with Crippen LogP contribution in [0.25, 0.3) is 0 Å². The summed E-state index contributed by atoms with van der Waals surface area (Å²) in [6.07, 6.45) is 5.05. The number of aryl methyl sites for hydroxylation is 1. The quantitative estimate of drug-likeness (QED) is 0.811. The number of aromatic nitrogens is 2. The molecule has 1 spiro atoms. The average molecular weight is 352 g/mol. The molecular weight excluding hydrogens is 322 g/mol. The number of nitrogens with zero attached hydrogens (tertiary/aromatic N) is 5. The van der Waals surface area contributed by atoms with E-state index >= 15 is 0 Å². The van der Waals surface area contributed by atoms with Gasteiger partial charge in [-0.3, -0.25) is 4.79 Å². The minimum absolute atomic E-state index is 0.233. The van der Waals surface area contributed by atoms with Crippen LogP contribution in [0.15, 0.2) is 0 Å². The zero-order valence-corrected chi connectivity index (χ0v) is 15.9. The lowest BCUT2D eigenvalue weighted by molar-refractivity contribution is -0.138. The van der Waals surface area contributed by atoms with Crippen LogP contribution in [0.5, 0.6) is 0 Å². The van der Waals surface area contributed by atoms with Crippen LogP contribution in [0, 0.1) is 5.41 Å². The van der Waals surface area contributed by atoms with E-state index < -0.39 is 0 Å². The van der Waals surface area contributed by atoms with E-state index in [0.29, 0.717) is 12.3 Å². The van der Waals surface area contributed by atoms with Crippen molar-refractivity contribution in [2.75, 3.05) is 51.7 Å². The smallest absolute Gasteiger partial charge is 0.222 e. The highest BCUT2D eigenvalue weighted by molar-refractivity contribution is 7.15. The molecule has 6 nitrogen and oxygen atoms in total. The zero-order chi connectivity index (χ0) is 17.2. The van der Waals surface area contributed by atoms with Gasteiger partial charge in [-0.1, -0.05) is 18.3 Å². The molecular formula is C17H29N5OS. The number of amides is 1. The Bertz CT molecular complexity index is 575. The molecule has 134 valence electrons. The van der Waals surface area contributed by atoms with Gasteiger partial charge in [-0.2, -0.15) is 0 Å². The Kier molecular flexibility index (Phi) is 5.39. The first kappa shape index (κ1) is 17.6. The SMILES string of the molecule is CCc1nnc(N2CCC[C@]3(CCC(=O)N(CCN(C)C)C3)C2)s1. The fourth-order valence-corrected chi connectivity index (χ4v) is 4.65. The summed E-state index contributed by atoms with van der Waals surface area (Å²) >= 11 is 1.72. The lowest BCUT2D eigenvalue weighted by Gasteiger charge is -2.48. The summed E-state index contributed by atoms with van der Waals surface area (Å²) in [5, 5.41) is 10.8. The monoisotopic (exact) mass is 351 g/mol. The number of hydrogen-bond acceptors (Lipinski definition) is 6. The van der Waals surface area contributed by atoms with Gasteiger partial charge in [0.15, 0.2) is 0 Å². The van der Waals surface area contributed by atoms with Crippen molar-refractivity contribution in [2.45, 2.75) is 39.0 Å². The summed E-state index contributed by atoms with van der Waals surface area (Å²) in [5.74, 6) is 0.323. The van der Waals surface area contributed by atoms with Crippen LogP contribution in [-0.2, 0) is 11.2 Å². The maximum absolute atomic E-state index is 12.3. The normalized spacial score (nSPS) is 25.1. The molecule has 2 saturated heterocycles. The molecule has 0 aromatic carbocycles. The third-order valence-electron chi connectivity index (χ3n) is 5.26. The van der Waals surface area contributed by atoms with Crippen molar-refractivity contribution in [1.29, 1.82) is 0 Å². The number of likely N-dealkylation sites (tertiary alicyclic amines) is 1. The second kappa shape index (κ2) is 7.35. The molecule has 7 heteroatoms. The molecule has 0 saturated carbocycles. The first-order valence-electron chi connectivity index (χ1n) is 9.01. The standard InChI is InChI=1S/C17H29N5OS/c1-4-14-18-19-16(24-14)22-9-5-7-17(13-22)8-6-15(23)21(12-17)11-10-20(2)3/h4-13H2,1-3H3/t17-/m1/s1. The van der Waals surface area contributed by atoms with Crippen molar-refractivity contribution in [3.8, 4) is 0 Å². The predicted octanol–water partition coefficient (Wildman–Crippen LogP) is 1.87. The van der Waals surface area contributed by atoms with E-state index in [1.165, 1.54) is 12.8 Å². The molecule has 2 fully saturated rings. The fraction of sp³-hybridized carbons (Fsp3) is 0.824. The van der Waals surface area contributed by atoms with E-state index in [2.05, 4.69) is 45.9 Å². The largest absolute Gasteiger partial charge is 0.346 e. The molecule has 0 bridgehead atoms. The maximum atomic E-state index is 12.3. The molecule has 2 aliphatic rings. The van der Waals surface area contributed by atoms with Gasteiger partial charge in [0.1, 0.15) is 5.01 Å². The van der Waals surface area contributed by atoms with Crippen molar-refractivity contribution < 1.29 is 4.79 Å². The number of anilines is 1. The van der Waals surface area contributed by atoms with Gasteiger partial charge in [-0.15, -0.1) is 10.2 Å². The Morgan fingerprint density at radius 1 is 1.25 bits per heavy atom. The summed E-state index contributed by atoms with van der Waals surface area (Å²) < 4.78 is 0. The molecule has 1 atom stereocenters. The third kappa shape index (κ3) is 3.88. The molecule has 2 aliphatic heterocycles. The van der Waals surface area contributed by atoms with Gasteiger partial charge >= 0.3 is 0 Å². The van der Waals surface area contributed by atoms with Crippen LogP contribution in [-0.4, -0.2) is 72.7 Å². The number of carbonyl (C=O) groups excluding carboxylic acids is 1. The lowest BCUT2D eigenvalue weighted by Crippen LogP contribution is -2.55. The summed E-state index contributed by atoms with van der Waals surface area (Å²) in [4.78, 5) is 18.9. The predicted molar refractivity (Wildman–Crippen MR) is 97.5 cm³/mol. The summed E-state index contributed by atoms with van der Waals surface area (Å²) in [5.41, 5.74) is 0.233. The van der Waals surface area contributed by atoms with E-state index in [-0.39, 0.29) is 5.41 Å². The van der Waals surface area contributed by atoms with Gasteiger partial charge in [-0.25, -0.2) is 0 Å². The van der Waals surface area contributed by atoms with Crippen LogP contribution >= 0.6 is 11.3 Å². The van der Waals surface area contributed by atoms with Crippen LogP contribution in [0.3, 0.4) is 0 Å². The molecule has 1 amide bonds. The van der Waals surface area contributed by atoms with Gasteiger partial charge in [0.05, 0.1) is 0 Å². The van der Waals surface area contributed by atoms with Crippen LogP contribution < -0.4 is 4.90 Å². The molecule has 0 aliphatic carbocycles. The average Bonchev–Trinajstić information content (AvgIpc) is 3.05. The van der Waals surface area contributed by atoms with E-state index in [9.17, 15) is 4.79 Å². The minimum Gasteiger partial charge on any atom is -0.346 e. The summed E-state index contributed by atoms with van der Waals surface area (Å²) in [6.45, 7) is 6.87. The molecule has 0 radical (unpaired) electrons. The Morgan fingerprint density at radius 3 is 2.79 bits per heavy atom.